The molecule has 0 aliphatic carbocycles. The van der Waals surface area contributed by atoms with Gasteiger partial charge in [0.15, 0.2) is 11.6 Å². The van der Waals surface area contributed by atoms with E-state index in [9.17, 15) is 0 Å². The Morgan fingerprint density at radius 2 is 1.11 bits per heavy atom. The fourth-order valence-electron chi connectivity index (χ4n) is 2.32. The Morgan fingerprint density at radius 1 is 0.722 bits per heavy atom. The number of aromatic nitrogens is 2. The van der Waals surface area contributed by atoms with Gasteiger partial charge in [0.2, 0.25) is 0 Å². The largest absolute Gasteiger partial charge is 0.352 e. The molecule has 3 heterocycles. The Hall–Kier alpha value is -0.620. The van der Waals surface area contributed by atoms with Gasteiger partial charge in [0.1, 0.15) is 0 Å². The molecule has 1 aromatic rings. The molecular weight excluding hydrogens is 264 g/mol. The van der Waals surface area contributed by atoms with E-state index in [0.29, 0.717) is 0 Å². The van der Waals surface area contributed by atoms with Crippen LogP contribution in [0.5, 0.6) is 0 Å². The van der Waals surface area contributed by atoms with Gasteiger partial charge < -0.3 is 9.80 Å². The monoisotopic (exact) mass is 282 g/mol. The summed E-state index contributed by atoms with van der Waals surface area (Å²) in [6, 6.07) is 0. The molecule has 0 atom stereocenters. The molecule has 0 radical (unpaired) electrons. The van der Waals surface area contributed by atoms with Gasteiger partial charge in [-0.2, -0.15) is 23.5 Å². The molecule has 2 fully saturated rings. The third kappa shape index (κ3) is 2.69. The lowest BCUT2D eigenvalue weighted by Crippen LogP contribution is -2.38. The molecule has 2 aliphatic heterocycles. The average Bonchev–Trinajstić information content (AvgIpc) is 2.49. The summed E-state index contributed by atoms with van der Waals surface area (Å²) < 4.78 is 0. The molecule has 6 heteroatoms. The highest BCUT2D eigenvalue weighted by Crippen LogP contribution is 2.28. The van der Waals surface area contributed by atoms with Crippen LogP contribution in [0.25, 0.3) is 0 Å². The standard InChI is InChI=1S/C12H18N4S2/c1-2-14-12(16-5-9-18-10-6-16)11(13-1)15-3-7-17-8-4-15/h1-2H,3-10H2. The normalized spacial score (nSPS) is 21.1. The number of thioether (sulfide) groups is 2. The molecule has 0 N–H and O–H groups in total. The van der Waals surface area contributed by atoms with E-state index in [1.165, 1.54) is 23.0 Å². The van der Waals surface area contributed by atoms with Crippen molar-refractivity contribution in [3.05, 3.63) is 12.4 Å². The maximum Gasteiger partial charge on any atom is 0.172 e. The van der Waals surface area contributed by atoms with Crippen molar-refractivity contribution in [1.82, 2.24) is 9.97 Å². The predicted molar refractivity (Wildman–Crippen MR) is 81.1 cm³/mol. The van der Waals surface area contributed by atoms with Gasteiger partial charge in [0.05, 0.1) is 0 Å². The maximum atomic E-state index is 4.58. The topological polar surface area (TPSA) is 32.3 Å². The van der Waals surface area contributed by atoms with Gasteiger partial charge in [0.25, 0.3) is 0 Å². The molecule has 0 bridgehead atoms. The number of hydrogen-bond acceptors (Lipinski definition) is 6. The highest BCUT2D eigenvalue weighted by Gasteiger charge is 2.21. The second-order valence-corrected chi connectivity index (χ2v) is 6.85. The van der Waals surface area contributed by atoms with Gasteiger partial charge >= 0.3 is 0 Å². The van der Waals surface area contributed by atoms with Crippen molar-refractivity contribution in [3.8, 4) is 0 Å². The van der Waals surface area contributed by atoms with Crippen LogP contribution in [0.15, 0.2) is 12.4 Å². The van der Waals surface area contributed by atoms with Crippen LogP contribution in [0, 0.1) is 0 Å². The van der Waals surface area contributed by atoms with Crippen molar-refractivity contribution in [3.63, 3.8) is 0 Å². The van der Waals surface area contributed by atoms with Crippen molar-refractivity contribution in [2.24, 2.45) is 0 Å². The molecule has 1 aromatic heterocycles. The predicted octanol–water partition coefficient (Wildman–Crippen LogP) is 1.58. The SMILES string of the molecule is c1cnc(N2CCSCC2)c(N2CCSCC2)n1. The molecule has 18 heavy (non-hydrogen) atoms. The smallest absolute Gasteiger partial charge is 0.172 e. The third-order valence-corrected chi connectivity index (χ3v) is 5.17. The van der Waals surface area contributed by atoms with Crippen molar-refractivity contribution >= 4 is 35.2 Å². The molecule has 0 aromatic carbocycles. The minimum atomic E-state index is 1.09. The van der Waals surface area contributed by atoms with E-state index in [4.69, 9.17) is 0 Å². The molecule has 0 saturated carbocycles. The minimum Gasteiger partial charge on any atom is -0.352 e. The van der Waals surface area contributed by atoms with Crippen LogP contribution in [-0.4, -0.2) is 59.2 Å². The number of anilines is 2. The quantitative estimate of drug-likeness (QED) is 0.819. The molecule has 2 aliphatic rings. The fraction of sp³-hybridized carbons (Fsp3) is 0.667. The first-order valence-corrected chi connectivity index (χ1v) is 8.72. The molecular formula is C12H18N4S2. The van der Waals surface area contributed by atoms with E-state index in [0.717, 1.165) is 37.8 Å². The third-order valence-electron chi connectivity index (χ3n) is 3.28. The van der Waals surface area contributed by atoms with E-state index < -0.39 is 0 Å². The summed E-state index contributed by atoms with van der Waals surface area (Å²) in [7, 11) is 0. The van der Waals surface area contributed by atoms with Crippen LogP contribution in [0.3, 0.4) is 0 Å². The lowest BCUT2D eigenvalue weighted by Gasteiger charge is -2.33. The molecule has 4 nitrogen and oxygen atoms in total. The zero-order chi connectivity index (χ0) is 12.2. The van der Waals surface area contributed by atoms with E-state index in [1.807, 2.05) is 35.9 Å². The van der Waals surface area contributed by atoms with Crippen molar-refractivity contribution in [2.75, 3.05) is 59.0 Å². The summed E-state index contributed by atoms with van der Waals surface area (Å²) in [5.74, 6) is 6.98. The zero-order valence-corrected chi connectivity index (χ0v) is 12.0. The van der Waals surface area contributed by atoms with Crippen LogP contribution < -0.4 is 9.80 Å². The zero-order valence-electron chi connectivity index (χ0n) is 10.4. The second kappa shape index (κ2) is 6.02. The van der Waals surface area contributed by atoms with Gasteiger partial charge in [-0.25, -0.2) is 9.97 Å². The summed E-state index contributed by atoms with van der Waals surface area (Å²) in [4.78, 5) is 13.9. The summed E-state index contributed by atoms with van der Waals surface area (Å²) in [6.07, 6.45) is 3.64. The summed E-state index contributed by atoms with van der Waals surface area (Å²) in [5, 5.41) is 0. The van der Waals surface area contributed by atoms with Crippen LogP contribution in [0.2, 0.25) is 0 Å². The Bertz CT molecular complexity index is 352. The minimum absolute atomic E-state index is 1.09. The van der Waals surface area contributed by atoms with Gasteiger partial charge in [-0.1, -0.05) is 0 Å². The van der Waals surface area contributed by atoms with Crippen LogP contribution >= 0.6 is 23.5 Å². The second-order valence-electron chi connectivity index (χ2n) is 4.40. The summed E-state index contributed by atoms with van der Waals surface area (Å²) >= 11 is 4.06. The summed E-state index contributed by atoms with van der Waals surface area (Å²) in [5.41, 5.74) is 0. The molecule has 0 amide bonds. The van der Waals surface area contributed by atoms with E-state index in [1.54, 1.807) is 0 Å². The maximum absolute atomic E-state index is 4.58. The van der Waals surface area contributed by atoms with E-state index in [-0.39, 0.29) is 0 Å². The lowest BCUT2D eigenvalue weighted by atomic mass is 10.4. The van der Waals surface area contributed by atoms with Crippen molar-refractivity contribution in [1.29, 1.82) is 0 Å². The first-order chi connectivity index (χ1) is 8.95. The van der Waals surface area contributed by atoms with Crippen LogP contribution in [-0.2, 0) is 0 Å². The molecule has 2 saturated heterocycles. The van der Waals surface area contributed by atoms with E-state index >= 15 is 0 Å². The Morgan fingerprint density at radius 3 is 1.50 bits per heavy atom. The number of hydrogen-bond donors (Lipinski definition) is 0. The van der Waals surface area contributed by atoms with Gasteiger partial charge in [-0.15, -0.1) is 0 Å². The Kier molecular flexibility index (Phi) is 4.15. The van der Waals surface area contributed by atoms with Crippen LogP contribution in [0.4, 0.5) is 11.6 Å². The van der Waals surface area contributed by atoms with E-state index in [2.05, 4.69) is 19.8 Å². The van der Waals surface area contributed by atoms with Crippen molar-refractivity contribution < 1.29 is 0 Å². The Labute approximate surface area is 117 Å². The molecule has 98 valence electrons. The Balaban J connectivity index is 1.83. The van der Waals surface area contributed by atoms with Gasteiger partial charge in [-0.05, 0) is 0 Å². The van der Waals surface area contributed by atoms with Gasteiger partial charge in [-0.3, -0.25) is 0 Å². The van der Waals surface area contributed by atoms with Gasteiger partial charge in [0, 0.05) is 61.6 Å². The lowest BCUT2D eigenvalue weighted by molar-refractivity contribution is 0.795. The van der Waals surface area contributed by atoms with Crippen LogP contribution in [0.1, 0.15) is 0 Å². The highest BCUT2D eigenvalue weighted by molar-refractivity contribution is 7.99. The van der Waals surface area contributed by atoms with Crippen molar-refractivity contribution in [2.45, 2.75) is 0 Å². The number of nitrogens with zero attached hydrogens (tertiary/aromatic N) is 4. The first-order valence-electron chi connectivity index (χ1n) is 6.41. The molecule has 0 unspecified atom stereocenters. The first kappa shape index (κ1) is 12.4. The summed E-state index contributed by atoms with van der Waals surface area (Å²) in [6.45, 7) is 4.38. The fourth-order valence-corrected chi connectivity index (χ4v) is 4.13. The number of rotatable bonds is 2. The highest BCUT2D eigenvalue weighted by atomic mass is 32.2. The molecule has 0 spiro atoms. The molecule has 3 rings (SSSR count). The average molecular weight is 282 g/mol.